The molecule has 5 rings (SSSR count). The maximum atomic E-state index is 13.3. The van der Waals surface area contributed by atoms with E-state index in [1.54, 1.807) is 16.7 Å². The average molecular weight is 477 g/mol. The molecule has 180 valence electrons. The molecular formula is C31H28N2O3. The van der Waals surface area contributed by atoms with E-state index in [0.29, 0.717) is 12.3 Å². The number of rotatable bonds is 5. The highest BCUT2D eigenvalue weighted by molar-refractivity contribution is 6.05. The zero-order chi connectivity index (χ0) is 25.1. The Labute approximate surface area is 211 Å². The minimum atomic E-state index is -0.147. The van der Waals surface area contributed by atoms with Crippen molar-refractivity contribution in [2.75, 3.05) is 23.0 Å². The van der Waals surface area contributed by atoms with Gasteiger partial charge in [0.05, 0.1) is 17.4 Å². The number of ether oxygens (including phenoxy) is 1. The predicted octanol–water partition coefficient (Wildman–Crippen LogP) is 6.19. The second-order valence-corrected chi connectivity index (χ2v) is 8.99. The number of hydrogen-bond donors (Lipinski definition) is 0. The lowest BCUT2D eigenvalue weighted by atomic mass is 9.98. The van der Waals surface area contributed by atoms with Crippen LogP contribution in [0.15, 0.2) is 103 Å². The summed E-state index contributed by atoms with van der Waals surface area (Å²) in [5, 5.41) is 0. The number of amides is 2. The van der Waals surface area contributed by atoms with Crippen molar-refractivity contribution in [3.63, 3.8) is 0 Å². The molecule has 0 fully saturated rings. The number of carbonyl (C=O) groups excluding carboxylic acids is 2. The van der Waals surface area contributed by atoms with Crippen LogP contribution in [0.5, 0.6) is 5.75 Å². The van der Waals surface area contributed by atoms with Gasteiger partial charge >= 0.3 is 0 Å². The third kappa shape index (κ3) is 4.73. The van der Waals surface area contributed by atoms with Crippen LogP contribution in [0.4, 0.5) is 11.4 Å². The number of carbonyl (C=O) groups is 2. The van der Waals surface area contributed by atoms with Crippen LogP contribution >= 0.6 is 0 Å². The highest BCUT2D eigenvalue weighted by atomic mass is 16.5. The van der Waals surface area contributed by atoms with E-state index in [1.807, 2.05) is 73.7 Å². The molecule has 1 aliphatic heterocycles. The molecule has 0 saturated carbocycles. The van der Waals surface area contributed by atoms with Crippen LogP contribution in [0.2, 0.25) is 0 Å². The number of hydrogen-bond acceptors (Lipinski definition) is 3. The van der Waals surface area contributed by atoms with Crippen molar-refractivity contribution in [2.45, 2.75) is 19.9 Å². The molecule has 0 aliphatic carbocycles. The van der Waals surface area contributed by atoms with Crippen LogP contribution in [0, 0.1) is 0 Å². The van der Waals surface area contributed by atoms with Crippen molar-refractivity contribution in [1.82, 2.24) is 0 Å². The topological polar surface area (TPSA) is 49.9 Å². The zero-order valence-corrected chi connectivity index (χ0v) is 20.4. The molecule has 1 aliphatic rings. The summed E-state index contributed by atoms with van der Waals surface area (Å²) >= 11 is 0. The minimum absolute atomic E-state index is 0.0450. The molecule has 1 atom stereocenters. The molecule has 0 bridgehead atoms. The van der Waals surface area contributed by atoms with Crippen molar-refractivity contribution in [1.29, 1.82) is 0 Å². The molecule has 5 heteroatoms. The number of fused-ring (bicyclic) bond motifs is 1. The summed E-state index contributed by atoms with van der Waals surface area (Å²) in [6.45, 7) is 3.84. The van der Waals surface area contributed by atoms with Gasteiger partial charge in [-0.2, -0.15) is 0 Å². The molecule has 4 aromatic carbocycles. The maximum Gasteiger partial charge on any atom is 0.265 e. The van der Waals surface area contributed by atoms with Gasteiger partial charge in [0.25, 0.3) is 5.91 Å². The van der Waals surface area contributed by atoms with Gasteiger partial charge in [-0.15, -0.1) is 0 Å². The van der Waals surface area contributed by atoms with Crippen molar-refractivity contribution in [2.24, 2.45) is 0 Å². The standard InChI is InChI=1S/C31H28N2O3/c1-22-20-32(31(35)21-36-28-11-7-4-8-12-28)30-19-27(17-18-29(30)33(22)23(2)34)26-15-13-25(14-16-26)24-9-5-3-6-10-24/h3-19,22H,20-21H2,1-2H3. The van der Waals surface area contributed by atoms with Crippen LogP contribution in [0.3, 0.4) is 0 Å². The number of nitrogens with zero attached hydrogens (tertiary/aromatic N) is 2. The number of para-hydroxylation sites is 1. The first kappa shape index (κ1) is 23.4. The number of benzene rings is 4. The molecule has 36 heavy (non-hydrogen) atoms. The summed E-state index contributed by atoms with van der Waals surface area (Å²) in [5.74, 6) is 0.455. The molecule has 0 spiro atoms. The van der Waals surface area contributed by atoms with Crippen LogP contribution in [0.1, 0.15) is 13.8 Å². The lowest BCUT2D eigenvalue weighted by Crippen LogP contribution is -2.52. The maximum absolute atomic E-state index is 13.3. The smallest absolute Gasteiger partial charge is 0.265 e. The Balaban J connectivity index is 1.46. The lowest BCUT2D eigenvalue weighted by molar-refractivity contribution is -0.121. The summed E-state index contributed by atoms with van der Waals surface area (Å²) in [6.07, 6.45) is 0. The monoisotopic (exact) mass is 476 g/mol. The minimum Gasteiger partial charge on any atom is -0.484 e. The van der Waals surface area contributed by atoms with Crippen LogP contribution in [0.25, 0.3) is 22.3 Å². The molecule has 5 nitrogen and oxygen atoms in total. The summed E-state index contributed by atoms with van der Waals surface area (Å²) in [6, 6.07) is 33.7. The first-order valence-corrected chi connectivity index (χ1v) is 12.1. The van der Waals surface area contributed by atoms with Crippen LogP contribution < -0.4 is 14.5 Å². The average Bonchev–Trinajstić information content (AvgIpc) is 2.92. The molecule has 0 N–H and O–H groups in total. The molecule has 0 radical (unpaired) electrons. The Morgan fingerprint density at radius 1 is 0.750 bits per heavy atom. The molecule has 0 aromatic heterocycles. The second-order valence-electron chi connectivity index (χ2n) is 8.99. The summed E-state index contributed by atoms with van der Waals surface area (Å²) in [4.78, 5) is 29.3. The van der Waals surface area contributed by atoms with Crippen LogP contribution in [-0.2, 0) is 9.59 Å². The van der Waals surface area contributed by atoms with Crippen molar-refractivity contribution >= 4 is 23.2 Å². The van der Waals surface area contributed by atoms with Gasteiger partial charge in [0, 0.05) is 13.5 Å². The SMILES string of the molecule is CC(=O)N1c2ccc(-c3ccc(-c4ccccc4)cc3)cc2N(C(=O)COc2ccccc2)CC1C. The quantitative estimate of drug-likeness (QED) is 0.345. The fraction of sp³-hybridized carbons (Fsp3) is 0.161. The first-order valence-electron chi connectivity index (χ1n) is 12.1. The van der Waals surface area contributed by atoms with E-state index in [-0.39, 0.29) is 24.5 Å². The Kier molecular flexibility index (Phi) is 6.54. The van der Waals surface area contributed by atoms with Gasteiger partial charge in [0.2, 0.25) is 5.91 Å². The molecule has 1 unspecified atom stereocenters. The normalized spacial score (nSPS) is 14.8. The molecule has 4 aromatic rings. The van der Waals surface area contributed by atoms with Gasteiger partial charge in [-0.3, -0.25) is 9.59 Å². The lowest BCUT2D eigenvalue weighted by Gasteiger charge is -2.41. The number of anilines is 2. The van der Waals surface area contributed by atoms with E-state index in [9.17, 15) is 9.59 Å². The van der Waals surface area contributed by atoms with Crippen molar-refractivity contribution < 1.29 is 14.3 Å². The fourth-order valence-corrected chi connectivity index (χ4v) is 4.75. The van der Waals surface area contributed by atoms with E-state index < -0.39 is 0 Å². The second kappa shape index (κ2) is 10.1. The van der Waals surface area contributed by atoms with Crippen molar-refractivity contribution in [3.8, 4) is 28.0 Å². The summed E-state index contributed by atoms with van der Waals surface area (Å²) in [5.41, 5.74) is 5.78. The Morgan fingerprint density at radius 3 is 1.94 bits per heavy atom. The fourth-order valence-electron chi connectivity index (χ4n) is 4.75. The Hall–Kier alpha value is -4.38. The molecular weight excluding hydrogens is 448 g/mol. The van der Waals surface area contributed by atoms with Gasteiger partial charge in [0.15, 0.2) is 6.61 Å². The third-order valence-corrected chi connectivity index (χ3v) is 6.48. The van der Waals surface area contributed by atoms with E-state index in [4.69, 9.17) is 4.74 Å². The van der Waals surface area contributed by atoms with Gasteiger partial charge in [-0.1, -0.05) is 78.9 Å². The first-order chi connectivity index (χ1) is 17.5. The summed E-state index contributed by atoms with van der Waals surface area (Å²) in [7, 11) is 0. The molecule has 0 saturated heterocycles. The molecule has 2 amide bonds. The highest BCUT2D eigenvalue weighted by Crippen LogP contribution is 2.39. The van der Waals surface area contributed by atoms with E-state index in [1.165, 1.54) is 0 Å². The Bertz CT molecular complexity index is 1370. The largest absolute Gasteiger partial charge is 0.484 e. The van der Waals surface area contributed by atoms with E-state index >= 15 is 0 Å². The third-order valence-electron chi connectivity index (χ3n) is 6.48. The Morgan fingerprint density at radius 2 is 1.31 bits per heavy atom. The van der Waals surface area contributed by atoms with E-state index in [2.05, 4.69) is 36.4 Å². The van der Waals surface area contributed by atoms with Gasteiger partial charge in [-0.25, -0.2) is 0 Å². The van der Waals surface area contributed by atoms with E-state index in [0.717, 1.165) is 33.6 Å². The van der Waals surface area contributed by atoms with Crippen molar-refractivity contribution in [3.05, 3.63) is 103 Å². The predicted molar refractivity (Wildman–Crippen MR) is 144 cm³/mol. The summed E-state index contributed by atoms with van der Waals surface area (Å²) < 4.78 is 5.74. The van der Waals surface area contributed by atoms with Crippen LogP contribution in [-0.4, -0.2) is 31.0 Å². The molecule has 1 heterocycles. The zero-order valence-electron chi connectivity index (χ0n) is 20.4. The van der Waals surface area contributed by atoms with Gasteiger partial charge < -0.3 is 14.5 Å². The van der Waals surface area contributed by atoms with Gasteiger partial charge in [0.1, 0.15) is 5.75 Å². The highest BCUT2D eigenvalue weighted by Gasteiger charge is 2.34. The van der Waals surface area contributed by atoms with Gasteiger partial charge in [-0.05, 0) is 53.4 Å².